The predicted molar refractivity (Wildman–Crippen MR) is 92.6 cm³/mol. The van der Waals surface area contributed by atoms with Crippen molar-refractivity contribution in [1.29, 1.82) is 0 Å². The minimum absolute atomic E-state index is 0.153. The van der Waals surface area contributed by atoms with Crippen LogP contribution in [0.25, 0.3) is 0 Å². The van der Waals surface area contributed by atoms with Gasteiger partial charge in [-0.05, 0) is 36.6 Å². The van der Waals surface area contributed by atoms with Crippen molar-refractivity contribution in [2.75, 3.05) is 32.7 Å². The Kier molecular flexibility index (Phi) is 6.37. The third-order valence-electron chi connectivity index (χ3n) is 4.38. The lowest BCUT2D eigenvalue weighted by Gasteiger charge is -2.33. The number of carboxylic acids is 1. The Morgan fingerprint density at radius 3 is 2.21 bits per heavy atom. The van der Waals surface area contributed by atoms with Crippen molar-refractivity contribution in [3.05, 3.63) is 29.8 Å². The van der Waals surface area contributed by atoms with Gasteiger partial charge in [-0.1, -0.05) is 26.0 Å². The normalized spacial score (nSPS) is 17.3. The molecule has 2 rings (SSSR count). The van der Waals surface area contributed by atoms with Crippen LogP contribution >= 0.6 is 0 Å². The van der Waals surface area contributed by atoms with Crippen LogP contribution in [0.5, 0.6) is 0 Å². The highest BCUT2D eigenvalue weighted by Gasteiger charge is 2.28. The second kappa shape index (κ2) is 8.09. The van der Waals surface area contributed by atoms with E-state index in [1.54, 1.807) is 12.1 Å². The fourth-order valence-electron chi connectivity index (χ4n) is 2.82. The highest BCUT2D eigenvalue weighted by atomic mass is 32.2. The van der Waals surface area contributed by atoms with Gasteiger partial charge in [0.1, 0.15) is 0 Å². The summed E-state index contributed by atoms with van der Waals surface area (Å²) in [7, 11) is -3.45. The van der Waals surface area contributed by atoms with Crippen molar-refractivity contribution < 1.29 is 18.3 Å². The third-order valence-corrected chi connectivity index (χ3v) is 6.29. The SMILES string of the molecule is CC(C)c1ccc(S(=O)(=O)N2CCN(CCCC(=O)O)CC2)cc1. The molecule has 0 saturated carbocycles. The summed E-state index contributed by atoms with van der Waals surface area (Å²) in [6, 6.07) is 7.12. The lowest BCUT2D eigenvalue weighted by molar-refractivity contribution is -0.137. The van der Waals surface area contributed by atoms with Crippen LogP contribution in [-0.2, 0) is 14.8 Å². The number of aliphatic carboxylic acids is 1. The molecule has 1 aromatic rings. The van der Waals surface area contributed by atoms with Crippen molar-refractivity contribution in [2.24, 2.45) is 0 Å². The first-order valence-corrected chi connectivity index (χ1v) is 9.79. The zero-order valence-electron chi connectivity index (χ0n) is 14.3. The van der Waals surface area contributed by atoms with E-state index in [-0.39, 0.29) is 6.42 Å². The van der Waals surface area contributed by atoms with Gasteiger partial charge in [-0.2, -0.15) is 4.31 Å². The fourth-order valence-corrected chi connectivity index (χ4v) is 4.24. The van der Waals surface area contributed by atoms with E-state index in [9.17, 15) is 13.2 Å². The van der Waals surface area contributed by atoms with Crippen molar-refractivity contribution in [3.8, 4) is 0 Å². The summed E-state index contributed by atoms with van der Waals surface area (Å²) in [4.78, 5) is 13.0. The molecule has 0 aliphatic carbocycles. The number of carbonyl (C=O) groups is 1. The minimum atomic E-state index is -3.45. The Morgan fingerprint density at radius 2 is 1.71 bits per heavy atom. The van der Waals surface area contributed by atoms with Crippen LogP contribution in [0.3, 0.4) is 0 Å². The maximum atomic E-state index is 12.7. The molecule has 0 aromatic heterocycles. The molecule has 1 N–H and O–H groups in total. The van der Waals surface area contributed by atoms with Crippen molar-refractivity contribution >= 4 is 16.0 Å². The van der Waals surface area contributed by atoms with E-state index in [1.807, 2.05) is 12.1 Å². The van der Waals surface area contributed by atoms with Crippen LogP contribution < -0.4 is 0 Å². The highest BCUT2D eigenvalue weighted by molar-refractivity contribution is 7.89. The number of hydrogen-bond acceptors (Lipinski definition) is 4. The van der Waals surface area contributed by atoms with Crippen molar-refractivity contribution in [3.63, 3.8) is 0 Å². The molecular formula is C17H26N2O4S. The number of sulfonamides is 1. The Morgan fingerprint density at radius 1 is 1.12 bits per heavy atom. The van der Waals surface area contributed by atoms with Gasteiger partial charge in [-0.25, -0.2) is 8.42 Å². The van der Waals surface area contributed by atoms with Gasteiger partial charge in [-0.15, -0.1) is 0 Å². The standard InChI is InChI=1S/C17H26N2O4S/c1-14(2)15-5-7-16(8-6-15)24(22,23)19-12-10-18(11-13-19)9-3-4-17(20)21/h5-8,14H,3-4,9-13H2,1-2H3,(H,20,21). The molecule has 0 unspecified atom stereocenters. The molecule has 1 fully saturated rings. The quantitative estimate of drug-likeness (QED) is 0.810. The van der Waals surface area contributed by atoms with Crippen LogP contribution in [-0.4, -0.2) is 61.4 Å². The summed E-state index contributed by atoms with van der Waals surface area (Å²) in [6.07, 6.45) is 0.749. The molecule has 24 heavy (non-hydrogen) atoms. The van der Waals surface area contributed by atoms with Crippen LogP contribution in [0, 0.1) is 0 Å². The Labute approximate surface area is 144 Å². The van der Waals surface area contributed by atoms with E-state index in [0.717, 1.165) is 5.56 Å². The summed E-state index contributed by atoms with van der Waals surface area (Å²) in [6.45, 7) is 7.03. The first kappa shape index (κ1) is 18.9. The molecule has 134 valence electrons. The van der Waals surface area contributed by atoms with E-state index in [0.29, 0.717) is 50.0 Å². The molecule has 0 amide bonds. The molecule has 0 spiro atoms. The van der Waals surface area contributed by atoms with E-state index in [2.05, 4.69) is 18.7 Å². The summed E-state index contributed by atoms with van der Waals surface area (Å²) in [5, 5.41) is 8.67. The molecule has 0 atom stereocenters. The second-order valence-electron chi connectivity index (χ2n) is 6.47. The molecule has 1 aliphatic heterocycles. The van der Waals surface area contributed by atoms with Gasteiger partial charge in [0.25, 0.3) is 0 Å². The first-order chi connectivity index (χ1) is 11.3. The van der Waals surface area contributed by atoms with Crippen molar-refractivity contribution in [2.45, 2.75) is 37.5 Å². The summed E-state index contributed by atoms with van der Waals surface area (Å²) in [5.41, 5.74) is 1.12. The number of piperazine rings is 1. The van der Waals surface area contributed by atoms with Crippen LogP contribution in [0.1, 0.15) is 38.2 Å². The topological polar surface area (TPSA) is 77.9 Å². The van der Waals surface area contributed by atoms with E-state index in [1.165, 1.54) is 4.31 Å². The molecular weight excluding hydrogens is 328 g/mol. The molecule has 7 heteroatoms. The van der Waals surface area contributed by atoms with Gasteiger partial charge in [0.2, 0.25) is 10.0 Å². The molecule has 1 aliphatic rings. The van der Waals surface area contributed by atoms with Crippen LogP contribution in [0.15, 0.2) is 29.2 Å². The monoisotopic (exact) mass is 354 g/mol. The lowest BCUT2D eigenvalue weighted by Crippen LogP contribution is -2.48. The Hall–Kier alpha value is -1.44. The number of hydrogen-bond donors (Lipinski definition) is 1. The van der Waals surface area contributed by atoms with Gasteiger partial charge in [0.05, 0.1) is 4.90 Å². The summed E-state index contributed by atoms with van der Waals surface area (Å²) >= 11 is 0. The molecule has 6 nitrogen and oxygen atoms in total. The maximum Gasteiger partial charge on any atom is 0.303 e. The molecule has 1 saturated heterocycles. The highest BCUT2D eigenvalue weighted by Crippen LogP contribution is 2.21. The molecule has 1 heterocycles. The average molecular weight is 354 g/mol. The average Bonchev–Trinajstić information content (AvgIpc) is 2.55. The number of benzene rings is 1. The Bertz CT molecular complexity index is 648. The molecule has 0 bridgehead atoms. The second-order valence-corrected chi connectivity index (χ2v) is 8.40. The smallest absolute Gasteiger partial charge is 0.303 e. The van der Waals surface area contributed by atoms with E-state index < -0.39 is 16.0 Å². The van der Waals surface area contributed by atoms with Gasteiger partial charge in [0, 0.05) is 32.6 Å². The summed E-state index contributed by atoms with van der Waals surface area (Å²) < 4.78 is 26.9. The first-order valence-electron chi connectivity index (χ1n) is 8.35. The lowest BCUT2D eigenvalue weighted by atomic mass is 10.0. The van der Waals surface area contributed by atoms with E-state index in [4.69, 9.17) is 5.11 Å². The third kappa shape index (κ3) is 4.78. The zero-order valence-corrected chi connectivity index (χ0v) is 15.1. The zero-order chi connectivity index (χ0) is 17.7. The fraction of sp³-hybridized carbons (Fsp3) is 0.588. The number of nitrogens with zero attached hydrogens (tertiary/aromatic N) is 2. The maximum absolute atomic E-state index is 12.7. The number of rotatable bonds is 7. The summed E-state index contributed by atoms with van der Waals surface area (Å²) in [5.74, 6) is -0.419. The number of carboxylic acid groups (broad SMARTS) is 1. The van der Waals surface area contributed by atoms with Gasteiger partial charge in [0.15, 0.2) is 0 Å². The largest absolute Gasteiger partial charge is 0.481 e. The molecule has 1 aromatic carbocycles. The van der Waals surface area contributed by atoms with Crippen LogP contribution in [0.2, 0.25) is 0 Å². The van der Waals surface area contributed by atoms with E-state index >= 15 is 0 Å². The minimum Gasteiger partial charge on any atom is -0.481 e. The Balaban J connectivity index is 1.93. The van der Waals surface area contributed by atoms with Gasteiger partial charge in [-0.3, -0.25) is 4.79 Å². The van der Waals surface area contributed by atoms with Gasteiger partial charge < -0.3 is 10.0 Å². The molecule has 0 radical (unpaired) electrons. The van der Waals surface area contributed by atoms with Crippen LogP contribution in [0.4, 0.5) is 0 Å². The van der Waals surface area contributed by atoms with Gasteiger partial charge >= 0.3 is 5.97 Å². The van der Waals surface area contributed by atoms with Crippen molar-refractivity contribution in [1.82, 2.24) is 9.21 Å². The predicted octanol–water partition coefficient (Wildman–Crippen LogP) is 1.98.